The second-order valence-electron chi connectivity index (χ2n) is 3.75. The van der Waals surface area contributed by atoms with E-state index >= 15 is 0 Å². The first-order valence-corrected chi connectivity index (χ1v) is 6.22. The topological polar surface area (TPSA) is 84.0 Å². The highest BCUT2D eigenvalue weighted by atomic mass is 79.9. The highest BCUT2D eigenvalue weighted by Gasteiger charge is 2.09. The van der Waals surface area contributed by atoms with Crippen LogP contribution in [0.25, 0.3) is 5.65 Å². The van der Waals surface area contributed by atoms with Gasteiger partial charge in [-0.3, -0.25) is 0 Å². The van der Waals surface area contributed by atoms with Crippen LogP contribution in [0.5, 0.6) is 0 Å². The molecule has 0 aliphatic heterocycles. The molecular formula is C11H11BrN6. The van der Waals surface area contributed by atoms with Crippen LogP contribution in [0.4, 0.5) is 11.6 Å². The second kappa shape index (κ2) is 4.43. The zero-order valence-corrected chi connectivity index (χ0v) is 11.0. The summed E-state index contributed by atoms with van der Waals surface area (Å²) < 4.78 is 2.50. The van der Waals surface area contributed by atoms with Crippen molar-refractivity contribution in [3.63, 3.8) is 0 Å². The lowest BCUT2D eigenvalue weighted by Gasteiger charge is -2.03. The largest absolute Gasteiger partial charge is 0.348 e. The fourth-order valence-corrected chi connectivity index (χ4v) is 2.21. The lowest BCUT2D eigenvalue weighted by atomic mass is 10.5. The molecule has 0 aliphatic carbocycles. The summed E-state index contributed by atoms with van der Waals surface area (Å²) >= 11 is 3.45. The number of halogens is 1. The van der Waals surface area contributed by atoms with Gasteiger partial charge in [0.15, 0.2) is 11.5 Å². The van der Waals surface area contributed by atoms with Gasteiger partial charge in [-0.25, -0.2) is 9.50 Å². The van der Waals surface area contributed by atoms with Gasteiger partial charge in [0.2, 0.25) is 0 Å². The molecule has 3 rings (SSSR count). The third-order valence-electron chi connectivity index (χ3n) is 2.54. The number of anilines is 2. The molecule has 0 radical (unpaired) electrons. The maximum Gasteiger partial charge on any atom is 0.155 e. The molecule has 0 aromatic carbocycles. The molecule has 18 heavy (non-hydrogen) atoms. The number of imidazole rings is 1. The van der Waals surface area contributed by atoms with E-state index < -0.39 is 0 Å². The molecule has 3 heterocycles. The number of hydrogen-bond acceptors (Lipinski definition) is 4. The Bertz CT molecular complexity index is 672. The summed E-state index contributed by atoms with van der Waals surface area (Å²) in [6.07, 6.45) is 1.85. The van der Waals surface area contributed by atoms with Crippen LogP contribution in [0.3, 0.4) is 0 Å². The number of aromatic nitrogens is 4. The zero-order chi connectivity index (χ0) is 12.5. The molecule has 0 amide bonds. The van der Waals surface area contributed by atoms with Crippen molar-refractivity contribution < 1.29 is 0 Å². The van der Waals surface area contributed by atoms with Gasteiger partial charge in [0.05, 0.1) is 5.69 Å². The monoisotopic (exact) mass is 306 g/mol. The lowest BCUT2D eigenvalue weighted by molar-refractivity contribution is 0.908. The first-order valence-electron chi connectivity index (χ1n) is 5.42. The van der Waals surface area contributed by atoms with Gasteiger partial charge in [0, 0.05) is 12.7 Å². The average Bonchev–Trinajstić information content (AvgIpc) is 2.99. The molecule has 0 atom stereocenters. The van der Waals surface area contributed by atoms with E-state index in [9.17, 15) is 0 Å². The Labute approximate surface area is 111 Å². The minimum atomic E-state index is 0.378. The molecule has 0 aliphatic rings. The Morgan fingerprint density at radius 3 is 3.00 bits per heavy atom. The summed E-state index contributed by atoms with van der Waals surface area (Å²) in [6, 6.07) is 7.61. The fourth-order valence-electron chi connectivity index (χ4n) is 1.69. The number of nitrogens with two attached hydrogens (primary N) is 1. The molecular weight excluding hydrogens is 296 g/mol. The number of nitrogens with zero attached hydrogens (tertiary/aromatic N) is 3. The van der Waals surface area contributed by atoms with Crippen LogP contribution < -0.4 is 11.1 Å². The minimum absolute atomic E-state index is 0.378. The van der Waals surface area contributed by atoms with E-state index in [1.165, 1.54) is 0 Å². The molecule has 6 nitrogen and oxygen atoms in total. The van der Waals surface area contributed by atoms with Gasteiger partial charge < -0.3 is 16.0 Å². The molecule has 0 fully saturated rings. The van der Waals surface area contributed by atoms with Crippen LogP contribution in [-0.4, -0.2) is 19.6 Å². The molecule has 0 spiro atoms. The molecule has 7 heteroatoms. The summed E-state index contributed by atoms with van der Waals surface area (Å²) in [5, 5.41) is 7.60. The quantitative estimate of drug-likeness (QED) is 0.691. The Balaban J connectivity index is 2.02. The second-order valence-corrected chi connectivity index (χ2v) is 4.50. The lowest BCUT2D eigenvalue weighted by Crippen LogP contribution is -2.00. The summed E-state index contributed by atoms with van der Waals surface area (Å²) in [5.41, 5.74) is 7.16. The minimum Gasteiger partial charge on any atom is -0.348 e. The Morgan fingerprint density at radius 1 is 1.39 bits per heavy atom. The van der Waals surface area contributed by atoms with Gasteiger partial charge in [0.25, 0.3) is 0 Å². The van der Waals surface area contributed by atoms with E-state index in [2.05, 4.69) is 36.3 Å². The normalized spacial score (nSPS) is 11.0. The van der Waals surface area contributed by atoms with Gasteiger partial charge in [0.1, 0.15) is 10.4 Å². The number of nitrogens with one attached hydrogen (secondary N) is 2. The van der Waals surface area contributed by atoms with E-state index in [4.69, 9.17) is 5.73 Å². The number of H-pyrrole nitrogens is 1. The smallest absolute Gasteiger partial charge is 0.155 e. The number of aromatic amines is 1. The first kappa shape index (κ1) is 11.2. The molecule has 92 valence electrons. The maximum atomic E-state index is 5.61. The van der Waals surface area contributed by atoms with E-state index in [0.29, 0.717) is 6.54 Å². The Hall–Kier alpha value is -1.86. The predicted octanol–water partition coefficient (Wildman–Crippen LogP) is 2.02. The van der Waals surface area contributed by atoms with Crippen molar-refractivity contribution in [1.82, 2.24) is 19.6 Å². The van der Waals surface area contributed by atoms with Crippen molar-refractivity contribution in [3.05, 3.63) is 40.8 Å². The average molecular weight is 307 g/mol. The molecule has 3 aromatic heterocycles. The Kier molecular flexibility index (Phi) is 2.77. The van der Waals surface area contributed by atoms with E-state index in [1.807, 2.05) is 30.5 Å². The molecule has 0 saturated heterocycles. The summed E-state index contributed by atoms with van der Waals surface area (Å²) in [7, 11) is 0. The number of hydrogen-bond donors (Lipinski definition) is 3. The van der Waals surface area contributed by atoms with E-state index in [-0.39, 0.29) is 0 Å². The van der Waals surface area contributed by atoms with Crippen molar-refractivity contribution in [1.29, 1.82) is 0 Å². The summed E-state index contributed by atoms with van der Waals surface area (Å²) in [5.74, 6) is 1.61. The third kappa shape index (κ3) is 1.87. The van der Waals surface area contributed by atoms with Crippen LogP contribution in [-0.2, 0) is 6.54 Å². The molecule has 4 N–H and O–H groups in total. The van der Waals surface area contributed by atoms with Crippen LogP contribution in [0.2, 0.25) is 0 Å². The maximum absolute atomic E-state index is 5.61. The van der Waals surface area contributed by atoms with E-state index in [1.54, 1.807) is 4.52 Å². The van der Waals surface area contributed by atoms with Crippen molar-refractivity contribution in [2.75, 3.05) is 5.32 Å². The summed E-state index contributed by atoms with van der Waals surface area (Å²) in [6.45, 7) is 0.378. The van der Waals surface area contributed by atoms with Gasteiger partial charge in [-0.05, 0) is 40.2 Å². The predicted molar refractivity (Wildman–Crippen MR) is 72.7 cm³/mol. The van der Waals surface area contributed by atoms with Crippen LogP contribution in [0.15, 0.2) is 35.1 Å². The van der Waals surface area contributed by atoms with Crippen molar-refractivity contribution in [3.8, 4) is 0 Å². The molecule has 0 saturated carbocycles. The first-order chi connectivity index (χ1) is 8.78. The molecule has 0 bridgehead atoms. The number of rotatable bonds is 3. The van der Waals surface area contributed by atoms with Gasteiger partial charge in [-0.15, -0.1) is 5.10 Å². The van der Waals surface area contributed by atoms with Gasteiger partial charge >= 0.3 is 0 Å². The summed E-state index contributed by atoms with van der Waals surface area (Å²) in [4.78, 5) is 7.42. The van der Waals surface area contributed by atoms with Crippen LogP contribution in [0, 0.1) is 0 Å². The highest BCUT2D eigenvalue weighted by molar-refractivity contribution is 9.10. The SMILES string of the molecule is NCc1nc2ccc(Nc3ccc[nH]3)nn2c1Br. The van der Waals surface area contributed by atoms with Crippen molar-refractivity contribution >= 4 is 33.2 Å². The zero-order valence-electron chi connectivity index (χ0n) is 9.39. The van der Waals surface area contributed by atoms with E-state index in [0.717, 1.165) is 27.6 Å². The molecule has 0 unspecified atom stereocenters. The fraction of sp³-hybridized carbons (Fsp3) is 0.0909. The highest BCUT2D eigenvalue weighted by Crippen LogP contribution is 2.19. The molecule has 3 aromatic rings. The van der Waals surface area contributed by atoms with Crippen LogP contribution >= 0.6 is 15.9 Å². The van der Waals surface area contributed by atoms with Gasteiger partial charge in [-0.1, -0.05) is 0 Å². The standard InChI is InChI=1S/C11H11BrN6/c12-11-7(6-13)15-10-4-3-9(17-18(10)11)16-8-2-1-5-14-8/h1-5,14H,6,13H2,(H,16,17). The van der Waals surface area contributed by atoms with Gasteiger partial charge in [-0.2, -0.15) is 0 Å². The third-order valence-corrected chi connectivity index (χ3v) is 3.34. The Morgan fingerprint density at radius 2 is 2.28 bits per heavy atom. The van der Waals surface area contributed by atoms with Crippen molar-refractivity contribution in [2.24, 2.45) is 5.73 Å². The van der Waals surface area contributed by atoms with Crippen molar-refractivity contribution in [2.45, 2.75) is 6.54 Å². The van der Waals surface area contributed by atoms with Crippen LogP contribution in [0.1, 0.15) is 5.69 Å². The number of fused-ring (bicyclic) bond motifs is 1.